The molecular weight excluding hydrogens is 769 g/mol. The van der Waals surface area contributed by atoms with E-state index in [-0.39, 0.29) is 44.0 Å². The van der Waals surface area contributed by atoms with Gasteiger partial charge in [0.05, 0.1) is 0 Å². The number of unbranched alkanes of at least 4 members (excludes halogenated alkanes) is 10. The molecule has 0 N–H and O–H groups in total. The van der Waals surface area contributed by atoms with Crippen LogP contribution in [0.15, 0.2) is 158 Å². The second-order valence-corrected chi connectivity index (χ2v) is 14.8. The summed E-state index contributed by atoms with van der Waals surface area (Å²) in [6, 6.07) is 0. The molecule has 0 aliphatic heterocycles. The van der Waals surface area contributed by atoms with Crippen LogP contribution in [0.4, 0.5) is 0 Å². The van der Waals surface area contributed by atoms with Gasteiger partial charge >= 0.3 is 17.9 Å². The summed E-state index contributed by atoms with van der Waals surface area (Å²) in [5, 5.41) is 0. The van der Waals surface area contributed by atoms with Crippen LogP contribution >= 0.6 is 0 Å². The summed E-state index contributed by atoms with van der Waals surface area (Å²) in [7, 11) is 0. The fraction of sp³-hybridized carbons (Fsp3) is 0.482. The Morgan fingerprint density at radius 1 is 0.339 bits per heavy atom. The first-order valence-corrected chi connectivity index (χ1v) is 23.6. The SMILES string of the molecule is CC\C=C/C=C\C=C/C=C\C=C/CCCCCC(=O)OC(COC(=O)CCC\C=C/C=C\C=C/C=C\C=C/CC)COC(=O)CCCCCCCC/C=C\C/C=C\C/C=C\CC. The van der Waals surface area contributed by atoms with Crippen molar-refractivity contribution in [3.63, 3.8) is 0 Å². The lowest BCUT2D eigenvalue weighted by Crippen LogP contribution is -2.30. The summed E-state index contributed by atoms with van der Waals surface area (Å²) < 4.78 is 16.6. The molecule has 0 rings (SSSR count). The molecule has 0 aromatic rings. The number of esters is 3. The highest BCUT2D eigenvalue weighted by molar-refractivity contribution is 5.71. The van der Waals surface area contributed by atoms with E-state index in [9.17, 15) is 14.4 Å². The molecule has 6 nitrogen and oxygen atoms in total. The van der Waals surface area contributed by atoms with Gasteiger partial charge in [0.25, 0.3) is 0 Å². The van der Waals surface area contributed by atoms with E-state index in [1.165, 1.54) is 12.8 Å². The van der Waals surface area contributed by atoms with Gasteiger partial charge in [0.15, 0.2) is 6.10 Å². The van der Waals surface area contributed by atoms with Gasteiger partial charge in [-0.1, -0.05) is 211 Å². The van der Waals surface area contributed by atoms with E-state index < -0.39 is 6.10 Å². The Kier molecular flexibility index (Phi) is 44.8. The van der Waals surface area contributed by atoms with E-state index in [1.807, 2.05) is 103 Å². The van der Waals surface area contributed by atoms with Crippen molar-refractivity contribution < 1.29 is 28.6 Å². The van der Waals surface area contributed by atoms with Crippen molar-refractivity contribution in [3.8, 4) is 0 Å². The van der Waals surface area contributed by atoms with Crippen molar-refractivity contribution in [2.24, 2.45) is 0 Å². The van der Waals surface area contributed by atoms with E-state index >= 15 is 0 Å². The number of carbonyl (C=O) groups excluding carboxylic acids is 3. The van der Waals surface area contributed by atoms with Crippen molar-refractivity contribution in [1.82, 2.24) is 0 Å². The highest BCUT2D eigenvalue weighted by Gasteiger charge is 2.19. The normalized spacial score (nSPS) is 13.5. The van der Waals surface area contributed by atoms with Crippen LogP contribution in [0.5, 0.6) is 0 Å². The molecule has 0 fully saturated rings. The summed E-state index contributed by atoms with van der Waals surface area (Å²) in [4.78, 5) is 37.8. The van der Waals surface area contributed by atoms with Crippen molar-refractivity contribution >= 4 is 17.9 Å². The Balaban J connectivity index is 4.63. The second kappa shape index (κ2) is 48.7. The average Bonchev–Trinajstić information content (AvgIpc) is 3.27. The fourth-order valence-corrected chi connectivity index (χ4v) is 5.56. The molecule has 0 aliphatic rings. The smallest absolute Gasteiger partial charge is 0.306 e. The molecule has 0 radical (unpaired) electrons. The molecule has 0 spiro atoms. The molecular formula is C56H82O6. The number of hydrogen-bond donors (Lipinski definition) is 0. The molecule has 0 aromatic heterocycles. The zero-order valence-corrected chi connectivity index (χ0v) is 38.8. The third-order valence-electron chi connectivity index (χ3n) is 9.01. The maximum absolute atomic E-state index is 12.8. The van der Waals surface area contributed by atoms with Gasteiger partial charge in [0, 0.05) is 19.3 Å². The largest absolute Gasteiger partial charge is 0.462 e. The molecule has 0 saturated heterocycles. The molecule has 6 heteroatoms. The van der Waals surface area contributed by atoms with Crippen LogP contribution in [0.2, 0.25) is 0 Å². The Bertz CT molecular complexity index is 1490. The van der Waals surface area contributed by atoms with Crippen LogP contribution < -0.4 is 0 Å². The van der Waals surface area contributed by atoms with Crippen LogP contribution in [-0.4, -0.2) is 37.2 Å². The lowest BCUT2D eigenvalue weighted by atomic mass is 10.1. The van der Waals surface area contributed by atoms with Crippen molar-refractivity contribution in [2.45, 2.75) is 162 Å². The molecule has 0 bridgehead atoms. The van der Waals surface area contributed by atoms with Crippen LogP contribution in [-0.2, 0) is 28.6 Å². The number of carbonyl (C=O) groups is 3. The summed E-state index contributed by atoms with van der Waals surface area (Å²) in [6.45, 7) is 6.08. The molecule has 0 heterocycles. The van der Waals surface area contributed by atoms with Gasteiger partial charge in [-0.15, -0.1) is 0 Å². The van der Waals surface area contributed by atoms with Crippen LogP contribution in [0.3, 0.4) is 0 Å². The molecule has 0 aromatic carbocycles. The first-order valence-electron chi connectivity index (χ1n) is 23.6. The van der Waals surface area contributed by atoms with Gasteiger partial charge in [-0.05, 0) is 83.5 Å². The summed E-state index contributed by atoms with van der Waals surface area (Å²) in [6.07, 6.45) is 70.9. The maximum Gasteiger partial charge on any atom is 0.306 e. The molecule has 1 atom stereocenters. The highest BCUT2D eigenvalue weighted by atomic mass is 16.6. The highest BCUT2D eigenvalue weighted by Crippen LogP contribution is 2.12. The minimum absolute atomic E-state index is 0.133. The first kappa shape index (κ1) is 57.0. The van der Waals surface area contributed by atoms with E-state index in [2.05, 4.69) is 75.5 Å². The summed E-state index contributed by atoms with van der Waals surface area (Å²) in [5.41, 5.74) is 0. The zero-order chi connectivity index (χ0) is 45.1. The molecule has 0 aliphatic carbocycles. The lowest BCUT2D eigenvalue weighted by molar-refractivity contribution is -0.167. The first-order chi connectivity index (χ1) is 30.5. The lowest BCUT2D eigenvalue weighted by Gasteiger charge is -2.18. The Labute approximate surface area is 378 Å². The van der Waals surface area contributed by atoms with E-state index in [4.69, 9.17) is 14.2 Å². The maximum atomic E-state index is 12.8. The third kappa shape index (κ3) is 46.1. The molecule has 1 unspecified atom stereocenters. The molecule has 0 amide bonds. The molecule has 0 saturated carbocycles. The van der Waals surface area contributed by atoms with Crippen LogP contribution in [0.1, 0.15) is 156 Å². The summed E-state index contributed by atoms with van der Waals surface area (Å²) >= 11 is 0. The fourth-order valence-electron chi connectivity index (χ4n) is 5.56. The van der Waals surface area contributed by atoms with Crippen molar-refractivity contribution in [3.05, 3.63) is 158 Å². The predicted molar refractivity (Wildman–Crippen MR) is 265 cm³/mol. The van der Waals surface area contributed by atoms with Gasteiger partial charge in [-0.3, -0.25) is 14.4 Å². The van der Waals surface area contributed by atoms with Crippen LogP contribution in [0, 0.1) is 0 Å². The van der Waals surface area contributed by atoms with Gasteiger partial charge in [0.2, 0.25) is 0 Å². The number of hydrogen-bond acceptors (Lipinski definition) is 6. The molecule has 342 valence electrons. The topological polar surface area (TPSA) is 78.9 Å². The monoisotopic (exact) mass is 851 g/mol. The van der Waals surface area contributed by atoms with Gasteiger partial charge in [0.1, 0.15) is 13.2 Å². The van der Waals surface area contributed by atoms with E-state index in [1.54, 1.807) is 0 Å². The van der Waals surface area contributed by atoms with Crippen molar-refractivity contribution in [1.29, 1.82) is 0 Å². The van der Waals surface area contributed by atoms with Crippen molar-refractivity contribution in [2.75, 3.05) is 13.2 Å². The average molecular weight is 851 g/mol. The van der Waals surface area contributed by atoms with Crippen LogP contribution in [0.25, 0.3) is 0 Å². The van der Waals surface area contributed by atoms with Gasteiger partial charge in [-0.2, -0.15) is 0 Å². The number of rotatable bonds is 39. The predicted octanol–water partition coefficient (Wildman–Crippen LogP) is 15.5. The minimum Gasteiger partial charge on any atom is -0.462 e. The van der Waals surface area contributed by atoms with E-state index in [0.717, 1.165) is 89.9 Å². The third-order valence-corrected chi connectivity index (χ3v) is 9.01. The molecule has 62 heavy (non-hydrogen) atoms. The number of ether oxygens (including phenoxy) is 3. The Hall–Kier alpha value is -4.97. The second-order valence-electron chi connectivity index (χ2n) is 14.8. The Morgan fingerprint density at radius 3 is 1.18 bits per heavy atom. The van der Waals surface area contributed by atoms with E-state index in [0.29, 0.717) is 19.3 Å². The quantitative estimate of drug-likeness (QED) is 0.0202. The number of allylic oxidation sites excluding steroid dienone is 26. The minimum atomic E-state index is -0.842. The standard InChI is InChI=1S/C56H82O6/c1-4-7-10-13-16-19-22-25-27-29-31-34-37-40-43-46-49-55(58)61-52-53(51-60-54(57)48-45-42-39-36-33-30-24-21-18-15-12-9-6-3)62-56(59)50-47-44-41-38-35-32-28-26-23-20-17-14-11-8-5-2/h7-12,14-21,23-28,30,32-33,35-36,39,53H,4-6,13,22,29,31,34,37-38,40-52H2,1-3H3/b10-7-,11-8-,12-9-,17-14-,18-15-,19-16-,23-20-,24-21-,27-25-,28-26-,33-30-,35-32-,39-36-. The zero-order valence-electron chi connectivity index (χ0n) is 38.8. The van der Waals surface area contributed by atoms with Gasteiger partial charge in [-0.25, -0.2) is 0 Å². The summed E-state index contributed by atoms with van der Waals surface area (Å²) in [5.74, 6) is -1.08. The van der Waals surface area contributed by atoms with Gasteiger partial charge < -0.3 is 14.2 Å². The Morgan fingerprint density at radius 2 is 0.677 bits per heavy atom.